The molecule has 1 fully saturated rings. The molecule has 2 aliphatic rings. The fourth-order valence-electron chi connectivity index (χ4n) is 2.69. The predicted octanol–water partition coefficient (Wildman–Crippen LogP) is 1.81. The van der Waals surface area contributed by atoms with Crippen molar-refractivity contribution in [2.75, 3.05) is 39.3 Å². The van der Waals surface area contributed by atoms with Gasteiger partial charge in [-0.3, -0.25) is 9.89 Å². The Morgan fingerprint density at radius 2 is 1.79 bits per heavy atom. The quantitative estimate of drug-likeness (QED) is 0.820. The molecule has 2 aliphatic heterocycles. The number of rotatable bonds is 3. The summed E-state index contributed by atoms with van der Waals surface area (Å²) in [6.45, 7) is 6.55. The SMILES string of the molecule is C1=CC(N2CCN(CCc3ccccc3)CC2)=NC1. The number of aliphatic imine (C=N–C) groups is 1. The van der Waals surface area contributed by atoms with Crippen LogP contribution in [0.15, 0.2) is 47.5 Å². The maximum Gasteiger partial charge on any atom is 0.123 e. The number of nitrogens with zero attached hydrogens (tertiary/aromatic N) is 3. The molecule has 0 amide bonds. The third-order valence-electron chi connectivity index (χ3n) is 3.88. The van der Waals surface area contributed by atoms with Crippen molar-refractivity contribution < 1.29 is 0 Å². The lowest BCUT2D eigenvalue weighted by Gasteiger charge is -2.35. The maximum atomic E-state index is 4.49. The van der Waals surface area contributed by atoms with E-state index in [1.165, 1.54) is 17.9 Å². The van der Waals surface area contributed by atoms with Crippen molar-refractivity contribution in [3.63, 3.8) is 0 Å². The topological polar surface area (TPSA) is 18.8 Å². The van der Waals surface area contributed by atoms with Crippen molar-refractivity contribution in [3.8, 4) is 0 Å². The van der Waals surface area contributed by atoms with E-state index >= 15 is 0 Å². The van der Waals surface area contributed by atoms with Crippen LogP contribution >= 0.6 is 0 Å². The monoisotopic (exact) mass is 255 g/mol. The first-order valence-electron chi connectivity index (χ1n) is 7.14. The molecular weight excluding hydrogens is 234 g/mol. The van der Waals surface area contributed by atoms with Crippen LogP contribution < -0.4 is 0 Å². The number of benzene rings is 1. The van der Waals surface area contributed by atoms with Crippen LogP contribution in [0.1, 0.15) is 5.56 Å². The van der Waals surface area contributed by atoms with Crippen LogP contribution in [0, 0.1) is 0 Å². The molecule has 0 saturated carbocycles. The van der Waals surface area contributed by atoms with Gasteiger partial charge in [0.25, 0.3) is 0 Å². The second kappa shape index (κ2) is 6.02. The van der Waals surface area contributed by atoms with Crippen molar-refractivity contribution in [2.45, 2.75) is 6.42 Å². The van der Waals surface area contributed by atoms with Gasteiger partial charge in [-0.1, -0.05) is 36.4 Å². The van der Waals surface area contributed by atoms with Gasteiger partial charge in [0, 0.05) is 32.7 Å². The fourth-order valence-corrected chi connectivity index (χ4v) is 2.69. The standard InChI is InChI=1S/C16H21N3/c1-2-5-15(6-3-1)8-10-18-11-13-19(14-12-18)16-7-4-9-17-16/h1-7H,8-14H2. The van der Waals surface area contributed by atoms with Gasteiger partial charge < -0.3 is 4.90 Å². The molecule has 0 aromatic heterocycles. The third-order valence-corrected chi connectivity index (χ3v) is 3.88. The van der Waals surface area contributed by atoms with Crippen LogP contribution in [0.2, 0.25) is 0 Å². The number of hydrogen-bond acceptors (Lipinski definition) is 3. The van der Waals surface area contributed by atoms with E-state index in [0.717, 1.165) is 39.1 Å². The van der Waals surface area contributed by atoms with Gasteiger partial charge >= 0.3 is 0 Å². The highest BCUT2D eigenvalue weighted by Gasteiger charge is 2.18. The Bertz CT molecular complexity index is 456. The van der Waals surface area contributed by atoms with Crippen molar-refractivity contribution in [1.82, 2.24) is 9.80 Å². The molecule has 1 aromatic rings. The zero-order chi connectivity index (χ0) is 12.9. The Morgan fingerprint density at radius 1 is 1.00 bits per heavy atom. The summed E-state index contributed by atoms with van der Waals surface area (Å²) in [5, 5.41) is 0. The van der Waals surface area contributed by atoms with Gasteiger partial charge in [-0.05, 0) is 18.1 Å². The molecule has 2 heterocycles. The minimum absolute atomic E-state index is 0.865. The number of amidine groups is 1. The maximum absolute atomic E-state index is 4.49. The molecular formula is C16H21N3. The first-order chi connectivity index (χ1) is 9.42. The largest absolute Gasteiger partial charge is 0.354 e. The zero-order valence-corrected chi connectivity index (χ0v) is 11.3. The molecule has 0 aliphatic carbocycles. The molecule has 0 bridgehead atoms. The van der Waals surface area contributed by atoms with E-state index in [1.54, 1.807) is 0 Å². The predicted molar refractivity (Wildman–Crippen MR) is 79.6 cm³/mol. The molecule has 100 valence electrons. The smallest absolute Gasteiger partial charge is 0.123 e. The summed E-state index contributed by atoms with van der Waals surface area (Å²) in [5.74, 6) is 1.18. The molecule has 1 aromatic carbocycles. The first kappa shape index (κ1) is 12.4. The Morgan fingerprint density at radius 3 is 2.47 bits per heavy atom. The highest BCUT2D eigenvalue weighted by molar-refractivity contribution is 5.94. The zero-order valence-electron chi connectivity index (χ0n) is 11.3. The van der Waals surface area contributed by atoms with Gasteiger partial charge in [-0.15, -0.1) is 0 Å². The minimum Gasteiger partial charge on any atom is -0.354 e. The minimum atomic E-state index is 0.865. The Labute approximate surface area is 115 Å². The molecule has 0 radical (unpaired) electrons. The van der Waals surface area contributed by atoms with Crippen LogP contribution in [-0.2, 0) is 6.42 Å². The van der Waals surface area contributed by atoms with Crippen LogP contribution in [-0.4, -0.2) is 54.9 Å². The van der Waals surface area contributed by atoms with Gasteiger partial charge in [0.1, 0.15) is 5.84 Å². The molecule has 3 heteroatoms. The van der Waals surface area contributed by atoms with Gasteiger partial charge in [0.05, 0.1) is 6.54 Å². The summed E-state index contributed by atoms with van der Waals surface area (Å²) >= 11 is 0. The molecule has 0 N–H and O–H groups in total. The van der Waals surface area contributed by atoms with Crippen LogP contribution in [0.3, 0.4) is 0 Å². The summed E-state index contributed by atoms with van der Waals surface area (Å²) in [6.07, 6.45) is 5.44. The fraction of sp³-hybridized carbons (Fsp3) is 0.438. The van der Waals surface area contributed by atoms with E-state index in [0.29, 0.717) is 0 Å². The number of piperazine rings is 1. The average molecular weight is 255 g/mol. The van der Waals surface area contributed by atoms with Gasteiger partial charge in [0.15, 0.2) is 0 Å². The van der Waals surface area contributed by atoms with E-state index in [1.807, 2.05) is 0 Å². The van der Waals surface area contributed by atoms with Crippen molar-refractivity contribution in [3.05, 3.63) is 48.0 Å². The summed E-state index contributed by atoms with van der Waals surface area (Å²) in [7, 11) is 0. The van der Waals surface area contributed by atoms with E-state index in [-0.39, 0.29) is 0 Å². The molecule has 19 heavy (non-hydrogen) atoms. The Kier molecular flexibility index (Phi) is 3.94. The van der Waals surface area contributed by atoms with E-state index in [9.17, 15) is 0 Å². The van der Waals surface area contributed by atoms with Crippen molar-refractivity contribution in [2.24, 2.45) is 4.99 Å². The molecule has 1 saturated heterocycles. The molecule has 3 rings (SSSR count). The highest BCUT2D eigenvalue weighted by atomic mass is 15.3. The molecule has 0 unspecified atom stereocenters. The molecule has 3 nitrogen and oxygen atoms in total. The van der Waals surface area contributed by atoms with Crippen molar-refractivity contribution in [1.29, 1.82) is 0 Å². The van der Waals surface area contributed by atoms with E-state index in [4.69, 9.17) is 0 Å². The third kappa shape index (κ3) is 3.24. The van der Waals surface area contributed by atoms with Gasteiger partial charge in [-0.2, -0.15) is 0 Å². The lowest BCUT2D eigenvalue weighted by molar-refractivity contribution is 0.184. The lowest BCUT2D eigenvalue weighted by Crippen LogP contribution is -2.48. The molecule has 0 atom stereocenters. The number of hydrogen-bond donors (Lipinski definition) is 0. The van der Waals surface area contributed by atoms with Crippen molar-refractivity contribution >= 4 is 5.84 Å². The summed E-state index contributed by atoms with van der Waals surface area (Å²) in [4.78, 5) is 9.45. The van der Waals surface area contributed by atoms with Crippen LogP contribution in [0.25, 0.3) is 0 Å². The highest BCUT2D eigenvalue weighted by Crippen LogP contribution is 2.08. The first-order valence-corrected chi connectivity index (χ1v) is 7.14. The average Bonchev–Trinajstić information content (AvgIpc) is 3.01. The summed E-state index contributed by atoms with van der Waals surface area (Å²) in [5.41, 5.74) is 1.44. The van der Waals surface area contributed by atoms with Gasteiger partial charge in [-0.25, -0.2) is 0 Å². The molecule has 0 spiro atoms. The summed E-state index contributed by atoms with van der Waals surface area (Å²) < 4.78 is 0. The van der Waals surface area contributed by atoms with E-state index < -0.39 is 0 Å². The van der Waals surface area contributed by atoms with Gasteiger partial charge in [0.2, 0.25) is 0 Å². The second-order valence-corrected chi connectivity index (χ2v) is 5.17. The van der Waals surface area contributed by atoms with Crippen LogP contribution in [0.5, 0.6) is 0 Å². The Balaban J connectivity index is 1.44. The second-order valence-electron chi connectivity index (χ2n) is 5.17. The Hall–Kier alpha value is -1.61. The summed E-state index contributed by atoms with van der Waals surface area (Å²) in [6, 6.07) is 10.8. The van der Waals surface area contributed by atoms with E-state index in [2.05, 4.69) is 57.3 Å². The lowest BCUT2D eigenvalue weighted by atomic mass is 10.1. The normalized spacial score (nSPS) is 19.8. The van der Waals surface area contributed by atoms with Crippen LogP contribution in [0.4, 0.5) is 0 Å².